The first-order valence-electron chi connectivity index (χ1n) is 8.00. The molecule has 0 fully saturated rings. The second kappa shape index (κ2) is 6.44. The molecule has 0 aliphatic heterocycles. The molecule has 1 N–H and O–H groups in total. The van der Waals surface area contributed by atoms with E-state index < -0.39 is 0 Å². The zero-order valence-corrected chi connectivity index (χ0v) is 16.1. The molecule has 4 heteroatoms. The van der Waals surface area contributed by atoms with Gasteiger partial charge in [-0.05, 0) is 50.2 Å². The van der Waals surface area contributed by atoms with Crippen LogP contribution in [-0.4, -0.2) is 9.78 Å². The van der Waals surface area contributed by atoms with E-state index in [1.807, 2.05) is 11.7 Å². The highest BCUT2D eigenvalue weighted by Crippen LogP contribution is 2.28. The summed E-state index contributed by atoms with van der Waals surface area (Å²) in [5.41, 5.74) is 5.02. The van der Waals surface area contributed by atoms with Gasteiger partial charge in [0, 0.05) is 12.7 Å². The highest BCUT2D eigenvalue weighted by atomic mass is 79.9. The second-order valence-corrected chi connectivity index (χ2v) is 7.85. The summed E-state index contributed by atoms with van der Waals surface area (Å²) in [5.74, 6) is 0.942. The van der Waals surface area contributed by atoms with E-state index in [0.717, 1.165) is 16.0 Å². The van der Waals surface area contributed by atoms with Crippen molar-refractivity contribution in [2.45, 2.75) is 26.2 Å². The average molecular weight is 384 g/mol. The van der Waals surface area contributed by atoms with E-state index in [0.29, 0.717) is 0 Å². The van der Waals surface area contributed by atoms with Crippen LogP contribution in [-0.2, 0) is 12.5 Å². The number of nitrogens with one attached hydrogen (secondary N) is 1. The first-order valence-corrected chi connectivity index (χ1v) is 8.79. The minimum absolute atomic E-state index is 0.183. The zero-order chi connectivity index (χ0) is 17.3. The minimum atomic E-state index is 0.183. The summed E-state index contributed by atoms with van der Waals surface area (Å²) >= 11 is 3.50. The Morgan fingerprint density at radius 3 is 1.92 bits per heavy atom. The van der Waals surface area contributed by atoms with Crippen LogP contribution in [0.2, 0.25) is 0 Å². The van der Waals surface area contributed by atoms with Gasteiger partial charge in [-0.25, -0.2) is 0 Å². The molecule has 3 rings (SSSR count). The summed E-state index contributed by atoms with van der Waals surface area (Å²) < 4.78 is 2.76. The molecular formula is C20H22BrN3. The van der Waals surface area contributed by atoms with E-state index in [1.54, 1.807) is 6.20 Å². The number of aromatic nitrogens is 2. The van der Waals surface area contributed by atoms with Crippen molar-refractivity contribution >= 4 is 27.4 Å². The molecule has 0 spiro atoms. The number of hydrogen-bond acceptors (Lipinski definition) is 2. The summed E-state index contributed by atoms with van der Waals surface area (Å²) in [7, 11) is 1.91. The Hall–Kier alpha value is -2.07. The lowest BCUT2D eigenvalue weighted by Crippen LogP contribution is -2.10. The Kier molecular flexibility index (Phi) is 4.50. The second-order valence-electron chi connectivity index (χ2n) is 6.99. The number of rotatable bonds is 3. The van der Waals surface area contributed by atoms with E-state index in [2.05, 4.69) is 95.6 Å². The van der Waals surface area contributed by atoms with Crippen molar-refractivity contribution in [3.8, 4) is 11.1 Å². The van der Waals surface area contributed by atoms with E-state index in [9.17, 15) is 0 Å². The van der Waals surface area contributed by atoms with Gasteiger partial charge >= 0.3 is 0 Å². The normalized spacial score (nSPS) is 11.5. The Morgan fingerprint density at radius 1 is 0.917 bits per heavy atom. The number of hydrogen-bond donors (Lipinski definition) is 1. The van der Waals surface area contributed by atoms with Crippen LogP contribution in [0.5, 0.6) is 0 Å². The number of benzene rings is 2. The fourth-order valence-electron chi connectivity index (χ4n) is 2.60. The molecule has 0 bridgehead atoms. The molecule has 1 aromatic heterocycles. The average Bonchev–Trinajstić information content (AvgIpc) is 2.87. The van der Waals surface area contributed by atoms with Gasteiger partial charge in [0.1, 0.15) is 5.82 Å². The maximum atomic E-state index is 4.21. The molecular weight excluding hydrogens is 362 g/mol. The van der Waals surface area contributed by atoms with Gasteiger partial charge in [-0.2, -0.15) is 5.10 Å². The maximum absolute atomic E-state index is 4.21. The highest BCUT2D eigenvalue weighted by molar-refractivity contribution is 9.10. The standard InChI is InChI=1S/C20H22BrN3/c1-20(2,3)16-9-5-14(6-10-16)15-7-11-17(12-8-15)23-19-18(21)13-22-24(19)4/h5-13,23H,1-4H3. The van der Waals surface area contributed by atoms with E-state index in [4.69, 9.17) is 0 Å². The number of aryl methyl sites for hydroxylation is 1. The third kappa shape index (κ3) is 3.54. The van der Waals surface area contributed by atoms with Gasteiger partial charge in [0.2, 0.25) is 0 Å². The van der Waals surface area contributed by atoms with Crippen LogP contribution in [0, 0.1) is 0 Å². The van der Waals surface area contributed by atoms with Crippen LogP contribution in [0.4, 0.5) is 11.5 Å². The first-order chi connectivity index (χ1) is 11.3. The minimum Gasteiger partial charge on any atom is -0.340 e. The van der Waals surface area contributed by atoms with Crippen molar-refractivity contribution in [1.82, 2.24) is 9.78 Å². The lowest BCUT2D eigenvalue weighted by atomic mass is 9.86. The van der Waals surface area contributed by atoms with Gasteiger partial charge in [0.15, 0.2) is 0 Å². The largest absolute Gasteiger partial charge is 0.340 e. The lowest BCUT2D eigenvalue weighted by molar-refractivity contribution is 0.590. The van der Waals surface area contributed by atoms with Gasteiger partial charge in [-0.15, -0.1) is 0 Å². The summed E-state index contributed by atoms with van der Waals surface area (Å²) in [6.45, 7) is 6.71. The summed E-state index contributed by atoms with van der Waals surface area (Å²) in [6, 6.07) is 17.3. The van der Waals surface area contributed by atoms with Crippen molar-refractivity contribution in [1.29, 1.82) is 0 Å². The van der Waals surface area contributed by atoms with Crippen molar-refractivity contribution in [2.24, 2.45) is 7.05 Å². The fourth-order valence-corrected chi connectivity index (χ4v) is 3.04. The molecule has 0 unspecified atom stereocenters. The molecule has 24 heavy (non-hydrogen) atoms. The molecule has 1 heterocycles. The van der Waals surface area contributed by atoms with Gasteiger partial charge in [0.05, 0.1) is 10.7 Å². The Bertz CT molecular complexity index is 805. The Labute approximate surface area is 151 Å². The van der Waals surface area contributed by atoms with Gasteiger partial charge in [-0.3, -0.25) is 4.68 Å². The van der Waals surface area contributed by atoms with Crippen LogP contribution in [0.15, 0.2) is 59.2 Å². The van der Waals surface area contributed by atoms with Crippen molar-refractivity contribution in [3.63, 3.8) is 0 Å². The van der Waals surface area contributed by atoms with E-state index in [-0.39, 0.29) is 5.41 Å². The van der Waals surface area contributed by atoms with Crippen LogP contribution >= 0.6 is 15.9 Å². The predicted octanol–water partition coefficient (Wildman–Crippen LogP) is 5.89. The molecule has 0 saturated carbocycles. The molecule has 0 aliphatic carbocycles. The molecule has 0 radical (unpaired) electrons. The molecule has 0 aliphatic rings. The van der Waals surface area contributed by atoms with Crippen LogP contribution in [0.1, 0.15) is 26.3 Å². The topological polar surface area (TPSA) is 29.9 Å². The summed E-state index contributed by atoms with van der Waals surface area (Å²) in [5, 5.41) is 7.59. The van der Waals surface area contributed by atoms with Crippen LogP contribution in [0.25, 0.3) is 11.1 Å². The molecule has 2 aromatic carbocycles. The van der Waals surface area contributed by atoms with Crippen molar-refractivity contribution in [2.75, 3.05) is 5.32 Å². The number of nitrogens with zero attached hydrogens (tertiary/aromatic N) is 2. The molecule has 3 aromatic rings. The molecule has 0 saturated heterocycles. The Morgan fingerprint density at radius 2 is 1.46 bits per heavy atom. The first kappa shape index (κ1) is 16.8. The third-order valence-electron chi connectivity index (χ3n) is 4.13. The van der Waals surface area contributed by atoms with Crippen LogP contribution in [0.3, 0.4) is 0 Å². The monoisotopic (exact) mass is 383 g/mol. The van der Waals surface area contributed by atoms with E-state index in [1.165, 1.54) is 16.7 Å². The van der Waals surface area contributed by atoms with Gasteiger partial charge in [-0.1, -0.05) is 57.2 Å². The van der Waals surface area contributed by atoms with Crippen LogP contribution < -0.4 is 5.32 Å². The highest BCUT2D eigenvalue weighted by Gasteiger charge is 2.13. The van der Waals surface area contributed by atoms with Crippen molar-refractivity contribution < 1.29 is 0 Å². The molecule has 3 nitrogen and oxygen atoms in total. The lowest BCUT2D eigenvalue weighted by Gasteiger charge is -2.19. The maximum Gasteiger partial charge on any atom is 0.142 e. The quantitative estimate of drug-likeness (QED) is 0.610. The smallest absolute Gasteiger partial charge is 0.142 e. The zero-order valence-electron chi connectivity index (χ0n) is 14.5. The predicted molar refractivity (Wildman–Crippen MR) is 105 cm³/mol. The molecule has 0 atom stereocenters. The fraction of sp³-hybridized carbons (Fsp3) is 0.250. The number of halogens is 1. The van der Waals surface area contributed by atoms with Crippen molar-refractivity contribution in [3.05, 3.63) is 64.8 Å². The molecule has 124 valence electrons. The number of anilines is 2. The summed E-state index contributed by atoms with van der Waals surface area (Å²) in [6.07, 6.45) is 1.79. The summed E-state index contributed by atoms with van der Waals surface area (Å²) in [4.78, 5) is 0. The van der Waals surface area contributed by atoms with E-state index >= 15 is 0 Å². The Balaban J connectivity index is 1.79. The van der Waals surface area contributed by atoms with Gasteiger partial charge < -0.3 is 5.32 Å². The SMILES string of the molecule is Cn1ncc(Br)c1Nc1ccc(-c2ccc(C(C)(C)C)cc2)cc1. The van der Waals surface area contributed by atoms with Gasteiger partial charge in [0.25, 0.3) is 0 Å². The molecule has 0 amide bonds. The third-order valence-corrected chi connectivity index (χ3v) is 4.71.